The molecule has 0 radical (unpaired) electrons. The minimum Gasteiger partial charge on any atom is -0.479 e. The summed E-state index contributed by atoms with van der Waals surface area (Å²) in [6.07, 6.45) is 0.592. The average molecular weight is 297 g/mol. The normalized spacial score (nSPS) is 10.9. The average Bonchev–Trinajstić information content (AvgIpc) is 2.92. The fourth-order valence-corrected chi connectivity index (χ4v) is 1.75. The number of nitrogens with one attached hydrogen (secondary N) is 1. The van der Waals surface area contributed by atoms with Crippen molar-refractivity contribution in [3.63, 3.8) is 0 Å². The molecule has 0 spiro atoms. The van der Waals surface area contributed by atoms with Crippen LogP contribution in [-0.4, -0.2) is 16.7 Å². The third-order valence-electron chi connectivity index (χ3n) is 2.80. The third kappa shape index (κ3) is 3.98. The molecule has 1 heterocycles. The van der Waals surface area contributed by atoms with Gasteiger partial charge in [0.2, 0.25) is 11.7 Å². The highest BCUT2D eigenvalue weighted by atomic mass is 19.1. The van der Waals surface area contributed by atoms with Crippen LogP contribution >= 0.6 is 0 Å². The first-order chi connectivity index (χ1) is 10.1. The summed E-state index contributed by atoms with van der Waals surface area (Å²) < 4.78 is 37.7. The molecule has 7 heteroatoms. The van der Waals surface area contributed by atoms with Gasteiger partial charge < -0.3 is 14.6 Å². The quantitative estimate of drug-likeness (QED) is 0.851. The van der Waals surface area contributed by atoms with Crippen LogP contribution in [0.15, 0.2) is 16.7 Å². The first kappa shape index (κ1) is 15.4. The SMILES string of the molecule is CCNCc1cc(F)c(OCc2noc(CC)n2)c(F)c1. The Bertz CT molecular complexity index is 579. The Labute approximate surface area is 121 Å². The van der Waals surface area contributed by atoms with Crippen LogP contribution in [0.2, 0.25) is 0 Å². The molecule has 0 amide bonds. The maximum atomic E-state index is 13.9. The number of aromatic nitrogens is 2. The van der Waals surface area contributed by atoms with Crippen molar-refractivity contribution in [3.05, 3.63) is 41.0 Å². The van der Waals surface area contributed by atoms with Crippen LogP contribution in [0.4, 0.5) is 8.78 Å². The number of aryl methyl sites for hydroxylation is 1. The van der Waals surface area contributed by atoms with Gasteiger partial charge in [-0.1, -0.05) is 19.0 Å². The van der Waals surface area contributed by atoms with E-state index in [1.165, 1.54) is 12.1 Å². The molecule has 2 aromatic rings. The molecule has 0 bridgehead atoms. The maximum absolute atomic E-state index is 13.9. The zero-order chi connectivity index (χ0) is 15.2. The number of benzene rings is 1. The number of nitrogens with zero attached hydrogens (tertiary/aromatic N) is 2. The van der Waals surface area contributed by atoms with E-state index in [1.807, 2.05) is 13.8 Å². The van der Waals surface area contributed by atoms with Crippen LogP contribution in [0.3, 0.4) is 0 Å². The number of hydrogen-bond donors (Lipinski definition) is 1. The zero-order valence-electron chi connectivity index (χ0n) is 11.9. The monoisotopic (exact) mass is 297 g/mol. The molecule has 0 unspecified atom stereocenters. The van der Waals surface area contributed by atoms with E-state index in [9.17, 15) is 8.78 Å². The smallest absolute Gasteiger partial charge is 0.226 e. The minimum absolute atomic E-state index is 0.149. The van der Waals surface area contributed by atoms with Crippen LogP contribution < -0.4 is 10.1 Å². The van der Waals surface area contributed by atoms with Crippen molar-refractivity contribution in [3.8, 4) is 5.75 Å². The Morgan fingerprint density at radius 2 is 1.95 bits per heavy atom. The summed E-state index contributed by atoms with van der Waals surface area (Å²) in [6, 6.07) is 2.49. The lowest BCUT2D eigenvalue weighted by Gasteiger charge is -2.09. The van der Waals surface area contributed by atoms with Crippen molar-refractivity contribution in [1.82, 2.24) is 15.5 Å². The molecule has 1 aromatic carbocycles. The highest BCUT2D eigenvalue weighted by Crippen LogP contribution is 2.24. The number of rotatable bonds is 7. The van der Waals surface area contributed by atoms with Gasteiger partial charge in [0.05, 0.1) is 0 Å². The van der Waals surface area contributed by atoms with Gasteiger partial charge in [0, 0.05) is 13.0 Å². The molecule has 0 aliphatic rings. The van der Waals surface area contributed by atoms with E-state index in [0.717, 1.165) is 6.54 Å². The summed E-state index contributed by atoms with van der Waals surface area (Å²) in [7, 11) is 0. The van der Waals surface area contributed by atoms with Crippen LogP contribution in [0.5, 0.6) is 5.75 Å². The lowest BCUT2D eigenvalue weighted by molar-refractivity contribution is 0.259. The van der Waals surface area contributed by atoms with Gasteiger partial charge in [0.1, 0.15) is 0 Å². The predicted octanol–water partition coefficient (Wildman–Crippen LogP) is 2.60. The van der Waals surface area contributed by atoms with Crippen LogP contribution in [-0.2, 0) is 19.6 Å². The van der Waals surface area contributed by atoms with E-state index in [0.29, 0.717) is 24.4 Å². The van der Waals surface area contributed by atoms with Gasteiger partial charge in [-0.05, 0) is 24.2 Å². The molecule has 0 aliphatic heterocycles. The largest absolute Gasteiger partial charge is 0.479 e. The second-order valence-electron chi connectivity index (χ2n) is 4.42. The Morgan fingerprint density at radius 1 is 1.24 bits per heavy atom. The van der Waals surface area contributed by atoms with E-state index in [1.54, 1.807) is 0 Å². The Kier molecular flexibility index (Phi) is 5.21. The minimum atomic E-state index is -0.748. The first-order valence-electron chi connectivity index (χ1n) is 6.76. The molecule has 0 fully saturated rings. The second kappa shape index (κ2) is 7.12. The van der Waals surface area contributed by atoms with Gasteiger partial charge in [0.15, 0.2) is 24.0 Å². The third-order valence-corrected chi connectivity index (χ3v) is 2.80. The van der Waals surface area contributed by atoms with E-state index >= 15 is 0 Å². The molecular formula is C14H17F2N3O2. The van der Waals surface area contributed by atoms with E-state index in [4.69, 9.17) is 9.26 Å². The molecule has 0 saturated carbocycles. The standard InChI is InChI=1S/C14H17F2N3O2/c1-3-13-18-12(19-21-13)8-20-14-10(15)5-9(6-11(14)16)7-17-4-2/h5-6,17H,3-4,7-8H2,1-2H3. The van der Waals surface area contributed by atoms with Gasteiger partial charge in [-0.3, -0.25) is 0 Å². The highest BCUT2D eigenvalue weighted by Gasteiger charge is 2.14. The maximum Gasteiger partial charge on any atom is 0.226 e. The summed E-state index contributed by atoms with van der Waals surface area (Å²) in [6.45, 7) is 4.75. The molecule has 1 aromatic heterocycles. The molecule has 2 rings (SSSR count). The molecule has 5 nitrogen and oxygen atoms in total. The summed E-state index contributed by atoms with van der Waals surface area (Å²) >= 11 is 0. The van der Waals surface area contributed by atoms with E-state index < -0.39 is 17.4 Å². The lowest BCUT2D eigenvalue weighted by atomic mass is 10.2. The molecule has 0 atom stereocenters. The van der Waals surface area contributed by atoms with Crippen molar-refractivity contribution in [1.29, 1.82) is 0 Å². The Hall–Kier alpha value is -2.02. The van der Waals surface area contributed by atoms with Gasteiger partial charge in [-0.2, -0.15) is 4.98 Å². The summed E-state index contributed by atoms with van der Waals surface area (Å²) in [4.78, 5) is 4.00. The first-order valence-corrected chi connectivity index (χ1v) is 6.76. The van der Waals surface area contributed by atoms with Crippen molar-refractivity contribution >= 4 is 0 Å². The fraction of sp³-hybridized carbons (Fsp3) is 0.429. The number of hydrogen-bond acceptors (Lipinski definition) is 5. The van der Waals surface area contributed by atoms with Crippen LogP contribution in [0.25, 0.3) is 0 Å². The van der Waals surface area contributed by atoms with Gasteiger partial charge in [0.25, 0.3) is 0 Å². The number of ether oxygens (including phenoxy) is 1. The van der Waals surface area contributed by atoms with Crippen LogP contribution in [0, 0.1) is 11.6 Å². The van der Waals surface area contributed by atoms with Crippen LogP contribution in [0.1, 0.15) is 31.1 Å². The molecular weight excluding hydrogens is 280 g/mol. The zero-order valence-corrected chi connectivity index (χ0v) is 11.9. The molecule has 114 valence electrons. The highest BCUT2D eigenvalue weighted by molar-refractivity contribution is 5.31. The predicted molar refractivity (Wildman–Crippen MR) is 71.7 cm³/mol. The van der Waals surface area contributed by atoms with Gasteiger partial charge >= 0.3 is 0 Å². The topological polar surface area (TPSA) is 60.2 Å². The van der Waals surface area contributed by atoms with Crippen molar-refractivity contribution < 1.29 is 18.0 Å². The van der Waals surface area contributed by atoms with Gasteiger partial charge in [-0.25, -0.2) is 8.78 Å². The fourth-order valence-electron chi connectivity index (χ4n) is 1.75. The molecule has 21 heavy (non-hydrogen) atoms. The second-order valence-corrected chi connectivity index (χ2v) is 4.42. The van der Waals surface area contributed by atoms with E-state index in [2.05, 4.69) is 15.5 Å². The summed E-state index contributed by atoms with van der Waals surface area (Å²) in [5.41, 5.74) is 0.520. The van der Waals surface area contributed by atoms with Crippen molar-refractivity contribution in [2.24, 2.45) is 0 Å². The number of halogens is 2. The molecule has 0 saturated heterocycles. The van der Waals surface area contributed by atoms with Crippen molar-refractivity contribution in [2.75, 3.05) is 6.54 Å². The molecule has 0 aliphatic carbocycles. The summed E-state index contributed by atoms with van der Waals surface area (Å²) in [5, 5.41) is 6.65. The molecule has 1 N–H and O–H groups in total. The lowest BCUT2D eigenvalue weighted by Crippen LogP contribution is -2.12. The Balaban J connectivity index is 2.05. The Morgan fingerprint density at radius 3 is 2.52 bits per heavy atom. The van der Waals surface area contributed by atoms with Crippen molar-refractivity contribution in [2.45, 2.75) is 33.4 Å². The van der Waals surface area contributed by atoms with Gasteiger partial charge in [-0.15, -0.1) is 0 Å². The summed E-state index contributed by atoms with van der Waals surface area (Å²) in [5.74, 6) is -1.22. The van der Waals surface area contributed by atoms with E-state index in [-0.39, 0.29) is 12.4 Å².